The lowest BCUT2D eigenvalue weighted by Crippen LogP contribution is -2.28. The van der Waals surface area contributed by atoms with Crippen molar-refractivity contribution in [3.05, 3.63) is 179 Å². The second-order valence-corrected chi connectivity index (χ2v) is 12.2. The maximum absolute atomic E-state index is 12.8. The number of hydrogen-bond donors (Lipinski definition) is 2. The van der Waals surface area contributed by atoms with E-state index in [-0.39, 0.29) is 25.0 Å². The number of para-hydroxylation sites is 2. The number of aryl methyl sites for hydroxylation is 2. The molecule has 0 spiro atoms. The highest BCUT2D eigenvalue weighted by Gasteiger charge is 2.45. The molecule has 242 valence electrons. The van der Waals surface area contributed by atoms with Crippen LogP contribution in [0.1, 0.15) is 33.4 Å². The van der Waals surface area contributed by atoms with Crippen molar-refractivity contribution < 1.29 is 19.1 Å². The monoisotopic (exact) mass is 644 g/mol. The summed E-state index contributed by atoms with van der Waals surface area (Å²) in [6.07, 6.45) is 0. The molecule has 0 bridgehead atoms. The number of carbonyl (C=O) groups is 2. The van der Waals surface area contributed by atoms with Gasteiger partial charge < -0.3 is 20.1 Å². The van der Waals surface area contributed by atoms with Crippen molar-refractivity contribution >= 4 is 23.2 Å². The predicted molar refractivity (Wildman–Crippen MR) is 194 cm³/mol. The molecule has 7 rings (SSSR count). The minimum absolute atomic E-state index is 0.0851. The Hall–Kier alpha value is -6.14. The fraction of sp³-hybridized carbons (Fsp3) is 0.116. The van der Waals surface area contributed by atoms with Gasteiger partial charge in [0.05, 0.1) is 5.41 Å². The van der Waals surface area contributed by atoms with Gasteiger partial charge in [-0.15, -0.1) is 0 Å². The largest absolute Gasteiger partial charge is 0.483 e. The van der Waals surface area contributed by atoms with E-state index in [0.717, 1.165) is 22.3 Å². The minimum Gasteiger partial charge on any atom is -0.483 e. The number of rotatable bonds is 10. The third-order valence-corrected chi connectivity index (χ3v) is 9.06. The smallest absolute Gasteiger partial charge is 0.262 e. The molecule has 2 amide bonds. The molecule has 0 saturated heterocycles. The Morgan fingerprint density at radius 2 is 0.857 bits per heavy atom. The molecular formula is C43H36N2O4. The van der Waals surface area contributed by atoms with Crippen LogP contribution < -0.4 is 20.1 Å². The molecular weight excluding hydrogens is 608 g/mol. The van der Waals surface area contributed by atoms with E-state index in [1.165, 1.54) is 22.3 Å². The van der Waals surface area contributed by atoms with Crippen molar-refractivity contribution in [2.75, 3.05) is 23.8 Å². The normalized spacial score (nSPS) is 12.4. The first kappa shape index (κ1) is 31.5. The SMILES string of the molecule is Cc1ccccc1OCC(=O)Nc1ccc(C2(c3ccc(NC(=O)COc4ccccc4C)cc3)c3ccccc3-c3ccccc32)cc1. The van der Waals surface area contributed by atoms with Gasteiger partial charge in [-0.2, -0.15) is 0 Å². The quantitative estimate of drug-likeness (QED) is 0.156. The molecule has 1 aliphatic rings. The van der Waals surface area contributed by atoms with Crippen molar-refractivity contribution in [1.29, 1.82) is 0 Å². The molecule has 0 heterocycles. The van der Waals surface area contributed by atoms with E-state index in [0.29, 0.717) is 22.9 Å². The summed E-state index contributed by atoms with van der Waals surface area (Å²) < 4.78 is 11.5. The van der Waals surface area contributed by atoms with Crippen molar-refractivity contribution in [3.63, 3.8) is 0 Å². The van der Waals surface area contributed by atoms with Crippen molar-refractivity contribution in [2.45, 2.75) is 19.3 Å². The molecule has 6 aromatic rings. The Bertz CT molecular complexity index is 1980. The van der Waals surface area contributed by atoms with Gasteiger partial charge in [-0.1, -0.05) is 109 Å². The van der Waals surface area contributed by atoms with Gasteiger partial charge in [0, 0.05) is 11.4 Å². The topological polar surface area (TPSA) is 76.7 Å². The van der Waals surface area contributed by atoms with E-state index in [4.69, 9.17) is 9.47 Å². The van der Waals surface area contributed by atoms with Crippen LogP contribution in [-0.4, -0.2) is 25.0 Å². The van der Waals surface area contributed by atoms with Gasteiger partial charge >= 0.3 is 0 Å². The zero-order chi connectivity index (χ0) is 33.8. The first-order valence-corrected chi connectivity index (χ1v) is 16.3. The van der Waals surface area contributed by atoms with E-state index in [9.17, 15) is 9.59 Å². The van der Waals surface area contributed by atoms with E-state index in [2.05, 4.69) is 83.4 Å². The highest BCUT2D eigenvalue weighted by molar-refractivity contribution is 5.93. The molecule has 6 heteroatoms. The molecule has 0 radical (unpaired) electrons. The summed E-state index contributed by atoms with van der Waals surface area (Å²) in [6, 6.07) is 48.4. The number of amides is 2. The van der Waals surface area contributed by atoms with Crippen LogP contribution in [0.5, 0.6) is 11.5 Å². The van der Waals surface area contributed by atoms with E-state index < -0.39 is 5.41 Å². The van der Waals surface area contributed by atoms with E-state index in [1.54, 1.807) is 0 Å². The minimum atomic E-state index is -0.625. The number of fused-ring (bicyclic) bond motifs is 3. The average Bonchev–Trinajstić information content (AvgIpc) is 3.43. The maximum atomic E-state index is 12.8. The Kier molecular flexibility index (Phi) is 8.69. The molecule has 0 fully saturated rings. The van der Waals surface area contributed by atoms with Crippen LogP contribution in [0.25, 0.3) is 11.1 Å². The molecule has 6 aromatic carbocycles. The molecule has 0 atom stereocenters. The summed E-state index contributed by atoms with van der Waals surface area (Å²) in [5.74, 6) is 0.915. The lowest BCUT2D eigenvalue weighted by Gasteiger charge is -2.34. The Morgan fingerprint density at radius 3 is 1.27 bits per heavy atom. The second-order valence-electron chi connectivity index (χ2n) is 12.2. The van der Waals surface area contributed by atoms with Crippen LogP contribution in [-0.2, 0) is 15.0 Å². The van der Waals surface area contributed by atoms with Gasteiger partial charge in [0.25, 0.3) is 11.8 Å². The summed E-state index contributed by atoms with van der Waals surface area (Å²) in [6.45, 7) is 3.73. The Labute approximate surface area is 286 Å². The second kappa shape index (κ2) is 13.5. The Balaban J connectivity index is 1.17. The van der Waals surface area contributed by atoms with Crippen LogP contribution in [0.4, 0.5) is 11.4 Å². The molecule has 2 N–H and O–H groups in total. The summed E-state index contributed by atoms with van der Waals surface area (Å²) in [5.41, 5.74) is 9.50. The number of hydrogen-bond acceptors (Lipinski definition) is 4. The fourth-order valence-electron chi connectivity index (χ4n) is 6.75. The highest BCUT2D eigenvalue weighted by atomic mass is 16.5. The third kappa shape index (κ3) is 6.17. The van der Waals surface area contributed by atoms with Crippen LogP contribution >= 0.6 is 0 Å². The predicted octanol–water partition coefficient (Wildman–Crippen LogP) is 8.70. The van der Waals surface area contributed by atoms with Crippen LogP contribution in [0.15, 0.2) is 146 Å². The maximum Gasteiger partial charge on any atom is 0.262 e. The first-order chi connectivity index (χ1) is 23.9. The summed E-state index contributed by atoms with van der Waals surface area (Å²) in [5, 5.41) is 5.95. The van der Waals surface area contributed by atoms with Crippen LogP contribution in [0.3, 0.4) is 0 Å². The average molecular weight is 645 g/mol. The number of carbonyl (C=O) groups excluding carboxylic acids is 2. The Morgan fingerprint density at radius 1 is 0.490 bits per heavy atom. The molecule has 49 heavy (non-hydrogen) atoms. The van der Waals surface area contributed by atoms with Gasteiger partial charge in [0.2, 0.25) is 0 Å². The van der Waals surface area contributed by atoms with Gasteiger partial charge in [-0.25, -0.2) is 0 Å². The summed E-state index contributed by atoms with van der Waals surface area (Å²) in [7, 11) is 0. The van der Waals surface area contributed by atoms with Gasteiger partial charge in [-0.05, 0) is 94.8 Å². The van der Waals surface area contributed by atoms with Crippen molar-refractivity contribution in [3.8, 4) is 22.6 Å². The van der Waals surface area contributed by atoms with Crippen molar-refractivity contribution in [1.82, 2.24) is 0 Å². The standard InChI is InChI=1S/C43H36N2O4/c1-29-11-3-9-17-39(29)48-27-41(46)44-33-23-19-31(20-24-33)43(37-15-7-5-13-35(37)36-14-6-8-16-38(36)43)32-21-25-34(26-22-32)45-42(47)28-49-40-18-10-4-12-30(40)2/h3-26H,27-28H2,1-2H3,(H,44,46)(H,45,47). The zero-order valence-corrected chi connectivity index (χ0v) is 27.4. The number of nitrogens with one attached hydrogen (secondary N) is 2. The number of anilines is 2. The van der Waals surface area contributed by atoms with Gasteiger partial charge in [0.15, 0.2) is 13.2 Å². The summed E-state index contributed by atoms with van der Waals surface area (Å²) in [4.78, 5) is 25.6. The first-order valence-electron chi connectivity index (χ1n) is 16.3. The highest BCUT2D eigenvalue weighted by Crippen LogP contribution is 2.56. The van der Waals surface area contributed by atoms with Crippen molar-refractivity contribution in [2.24, 2.45) is 0 Å². The van der Waals surface area contributed by atoms with E-state index >= 15 is 0 Å². The molecule has 0 aromatic heterocycles. The third-order valence-electron chi connectivity index (χ3n) is 9.06. The molecule has 0 saturated carbocycles. The lowest BCUT2D eigenvalue weighted by molar-refractivity contribution is -0.118. The van der Waals surface area contributed by atoms with Gasteiger partial charge in [-0.3, -0.25) is 9.59 Å². The molecule has 0 aliphatic heterocycles. The molecule has 6 nitrogen and oxygen atoms in total. The van der Waals surface area contributed by atoms with E-state index in [1.807, 2.05) is 86.6 Å². The molecule has 0 unspecified atom stereocenters. The lowest BCUT2D eigenvalue weighted by atomic mass is 9.67. The number of ether oxygens (including phenoxy) is 2. The fourth-order valence-corrected chi connectivity index (χ4v) is 6.75. The zero-order valence-electron chi connectivity index (χ0n) is 27.4. The number of benzene rings is 6. The molecule has 1 aliphatic carbocycles. The van der Waals surface area contributed by atoms with Crippen LogP contribution in [0, 0.1) is 13.8 Å². The van der Waals surface area contributed by atoms with Crippen LogP contribution in [0.2, 0.25) is 0 Å². The summed E-state index contributed by atoms with van der Waals surface area (Å²) >= 11 is 0. The van der Waals surface area contributed by atoms with Gasteiger partial charge in [0.1, 0.15) is 11.5 Å².